The third kappa shape index (κ3) is 7.90. The van der Waals surface area contributed by atoms with Crippen molar-refractivity contribution < 1.29 is 4.21 Å². The second kappa shape index (κ2) is 8.93. The molecule has 5 heteroatoms. The predicted octanol–water partition coefficient (Wildman–Crippen LogP) is 5.08. The van der Waals surface area contributed by atoms with Gasteiger partial charge in [-0.05, 0) is 44.9 Å². The molecule has 2 nitrogen and oxygen atoms in total. The number of hydrogen-bond donors (Lipinski definition) is 0. The number of nitrogens with zero attached hydrogens (tertiary/aromatic N) is 1. The molecule has 1 unspecified atom stereocenters. The highest BCUT2D eigenvalue weighted by atomic mass is 79.9. The number of rotatable bonds is 3. The van der Waals surface area contributed by atoms with Crippen LogP contribution in [0.15, 0.2) is 32.0 Å². The summed E-state index contributed by atoms with van der Waals surface area (Å²) in [6.45, 7) is 10.4. The molecule has 1 atom stereocenters. The Morgan fingerprint density at radius 1 is 1.32 bits per heavy atom. The molecule has 19 heavy (non-hydrogen) atoms. The highest BCUT2D eigenvalue weighted by molar-refractivity contribution is 9.10. The zero-order valence-corrected chi connectivity index (χ0v) is 15.6. The third-order valence-corrected chi connectivity index (χ3v) is 4.19. The molecule has 0 amide bonds. The molecule has 0 aromatic heterocycles. The maximum absolute atomic E-state index is 11.3. The van der Waals surface area contributed by atoms with Gasteiger partial charge < -0.3 is 0 Å². The Hall–Kier alpha value is -0.130. The summed E-state index contributed by atoms with van der Waals surface area (Å²) < 4.78 is 16.7. The Labute approximate surface area is 132 Å². The summed E-state index contributed by atoms with van der Waals surface area (Å²) in [7, 11) is -0.947. The highest BCUT2D eigenvalue weighted by Gasteiger charge is 2.09. The van der Waals surface area contributed by atoms with E-state index in [1.54, 1.807) is 6.26 Å². The van der Waals surface area contributed by atoms with E-state index >= 15 is 0 Å². The van der Waals surface area contributed by atoms with E-state index < -0.39 is 10.8 Å². The van der Waals surface area contributed by atoms with E-state index in [0.717, 1.165) is 14.9 Å². The molecule has 0 saturated heterocycles. The van der Waals surface area contributed by atoms with Gasteiger partial charge in [-0.25, -0.2) is 4.40 Å². The van der Waals surface area contributed by atoms with E-state index in [4.69, 9.17) is 0 Å². The molecule has 0 heterocycles. The van der Waals surface area contributed by atoms with Gasteiger partial charge in [-0.2, -0.15) is 0 Å². The van der Waals surface area contributed by atoms with E-state index in [9.17, 15) is 4.21 Å². The summed E-state index contributed by atoms with van der Waals surface area (Å²) in [5, 5.41) is 0. The quantitative estimate of drug-likeness (QED) is 0.553. The molecule has 0 bridgehead atoms. The molecule has 0 radical (unpaired) electrons. The summed E-state index contributed by atoms with van der Waals surface area (Å²) in [5.41, 5.74) is 0.996. The average Bonchev–Trinajstić information content (AvgIpc) is 2.32. The van der Waals surface area contributed by atoms with E-state index in [-0.39, 0.29) is 4.75 Å². The Morgan fingerprint density at radius 3 is 2.32 bits per heavy atom. The van der Waals surface area contributed by atoms with Gasteiger partial charge in [-0.1, -0.05) is 35.8 Å². The molecule has 0 spiro atoms. The smallest absolute Gasteiger partial charge is 0.0498 e. The van der Waals surface area contributed by atoms with Gasteiger partial charge in [0.25, 0.3) is 0 Å². The Balaban J connectivity index is 0.00000154. The van der Waals surface area contributed by atoms with Gasteiger partial charge in [-0.3, -0.25) is 4.21 Å². The SMILES string of the molecule is CC.CS(=O)c1ccc(/C=N/SC(C)(C)C)c(Br)c1. The minimum absolute atomic E-state index is 0.119. The van der Waals surface area contributed by atoms with E-state index in [2.05, 4.69) is 41.1 Å². The van der Waals surface area contributed by atoms with Crippen molar-refractivity contribution in [2.75, 3.05) is 6.26 Å². The lowest BCUT2D eigenvalue weighted by molar-refractivity contribution is 0.687. The van der Waals surface area contributed by atoms with Gasteiger partial charge in [0.15, 0.2) is 0 Å². The van der Waals surface area contributed by atoms with Gasteiger partial charge >= 0.3 is 0 Å². The standard InChI is InChI=1S/C12H16BrNOS2.C2H6/c1-12(2,3)16-14-8-9-5-6-10(17(4)15)7-11(9)13;1-2/h5-8H,1-4H3;1-2H3/b14-8+;. The molecule has 0 saturated carbocycles. The van der Waals surface area contributed by atoms with Crippen molar-refractivity contribution in [3.05, 3.63) is 28.2 Å². The Bertz CT molecular complexity index is 453. The van der Waals surface area contributed by atoms with Crippen molar-refractivity contribution in [2.45, 2.75) is 44.3 Å². The summed E-state index contributed by atoms with van der Waals surface area (Å²) in [4.78, 5) is 0.817. The van der Waals surface area contributed by atoms with Gasteiger partial charge in [0.1, 0.15) is 0 Å². The fourth-order valence-electron chi connectivity index (χ4n) is 1.03. The lowest BCUT2D eigenvalue weighted by Crippen LogP contribution is -2.05. The van der Waals surface area contributed by atoms with Crippen LogP contribution in [-0.2, 0) is 10.8 Å². The summed E-state index contributed by atoms with van der Waals surface area (Å²) in [6.07, 6.45) is 3.49. The number of benzene rings is 1. The maximum Gasteiger partial charge on any atom is 0.0498 e. The first-order chi connectivity index (χ1) is 8.79. The van der Waals surface area contributed by atoms with Crippen molar-refractivity contribution in [1.29, 1.82) is 0 Å². The van der Waals surface area contributed by atoms with Crippen LogP contribution >= 0.6 is 27.9 Å². The van der Waals surface area contributed by atoms with Crippen LogP contribution in [0.25, 0.3) is 0 Å². The number of hydrogen-bond acceptors (Lipinski definition) is 3. The van der Waals surface area contributed by atoms with Crippen LogP contribution in [0.2, 0.25) is 0 Å². The van der Waals surface area contributed by atoms with Crippen LogP contribution in [-0.4, -0.2) is 21.4 Å². The van der Waals surface area contributed by atoms with Crippen molar-refractivity contribution in [3.63, 3.8) is 0 Å². The molecule has 1 aromatic rings. The lowest BCUT2D eigenvalue weighted by atomic mass is 10.2. The van der Waals surface area contributed by atoms with Crippen molar-refractivity contribution in [1.82, 2.24) is 0 Å². The van der Waals surface area contributed by atoms with Gasteiger partial charge in [-0.15, -0.1) is 0 Å². The first kappa shape index (κ1) is 18.9. The normalized spacial score (nSPS) is 13.0. The molecule has 108 valence electrons. The summed E-state index contributed by atoms with van der Waals surface area (Å²) in [5.74, 6) is 0. The summed E-state index contributed by atoms with van der Waals surface area (Å²) in [6, 6.07) is 5.66. The molecule has 0 aliphatic rings. The van der Waals surface area contributed by atoms with Crippen LogP contribution in [0.3, 0.4) is 0 Å². The minimum Gasteiger partial charge on any atom is -0.255 e. The highest BCUT2D eigenvalue weighted by Crippen LogP contribution is 2.25. The third-order valence-electron chi connectivity index (χ3n) is 1.82. The van der Waals surface area contributed by atoms with Gasteiger partial charge in [0.05, 0.1) is 0 Å². The molecule has 0 aliphatic carbocycles. The molecular formula is C14H22BrNOS2. The van der Waals surface area contributed by atoms with E-state index in [0.29, 0.717) is 0 Å². The van der Waals surface area contributed by atoms with Crippen LogP contribution < -0.4 is 0 Å². The fourth-order valence-corrected chi connectivity index (χ4v) is 2.69. The van der Waals surface area contributed by atoms with Crippen LogP contribution in [0.5, 0.6) is 0 Å². The molecular weight excluding hydrogens is 342 g/mol. The zero-order valence-electron chi connectivity index (χ0n) is 12.4. The molecule has 0 fully saturated rings. The molecule has 1 aromatic carbocycles. The second-order valence-electron chi connectivity index (χ2n) is 4.58. The topological polar surface area (TPSA) is 29.4 Å². The number of halogens is 1. The maximum atomic E-state index is 11.3. The van der Waals surface area contributed by atoms with Crippen LogP contribution in [0, 0.1) is 0 Å². The van der Waals surface area contributed by atoms with Crippen LogP contribution in [0.1, 0.15) is 40.2 Å². The predicted molar refractivity (Wildman–Crippen MR) is 92.8 cm³/mol. The largest absolute Gasteiger partial charge is 0.255 e. The fraction of sp³-hybridized carbons (Fsp3) is 0.500. The Kier molecular flexibility index (Phi) is 8.86. The molecule has 1 rings (SSSR count). The first-order valence-corrected chi connectivity index (χ1v) is 9.26. The van der Waals surface area contributed by atoms with Crippen molar-refractivity contribution in [3.8, 4) is 0 Å². The van der Waals surface area contributed by atoms with E-state index in [1.807, 2.05) is 38.3 Å². The lowest BCUT2D eigenvalue weighted by Gasteiger charge is -2.12. The van der Waals surface area contributed by atoms with Crippen LogP contribution in [0.4, 0.5) is 0 Å². The van der Waals surface area contributed by atoms with Gasteiger partial charge in [0.2, 0.25) is 0 Å². The first-order valence-electron chi connectivity index (χ1n) is 6.14. The Morgan fingerprint density at radius 2 is 1.89 bits per heavy atom. The second-order valence-corrected chi connectivity index (χ2v) is 8.43. The van der Waals surface area contributed by atoms with Crippen molar-refractivity contribution >= 4 is 44.9 Å². The van der Waals surface area contributed by atoms with E-state index in [1.165, 1.54) is 11.9 Å². The minimum atomic E-state index is -0.947. The monoisotopic (exact) mass is 363 g/mol. The van der Waals surface area contributed by atoms with Crippen molar-refractivity contribution in [2.24, 2.45) is 4.40 Å². The summed E-state index contributed by atoms with van der Waals surface area (Å²) >= 11 is 5.00. The average molecular weight is 364 g/mol. The van der Waals surface area contributed by atoms with Gasteiger partial charge in [0, 0.05) is 42.9 Å². The zero-order chi connectivity index (χ0) is 15.1. The molecule has 0 N–H and O–H groups in total. The molecule has 0 aliphatic heterocycles.